The molecule has 6 aromatic rings. The number of benzene rings is 3. The number of aromatic carboxylic acids is 3. The van der Waals surface area contributed by atoms with Crippen LogP contribution in [0.3, 0.4) is 0 Å². The first-order valence-corrected chi connectivity index (χ1v) is 20.1. The molecule has 1 saturated heterocycles. The summed E-state index contributed by atoms with van der Waals surface area (Å²) in [6, 6.07) is 33.9. The summed E-state index contributed by atoms with van der Waals surface area (Å²) in [4.78, 5) is 57.3. The van der Waals surface area contributed by atoms with E-state index in [9.17, 15) is 29.7 Å². The van der Waals surface area contributed by atoms with Crippen LogP contribution in [0, 0.1) is 52.5 Å². The minimum absolute atomic E-state index is 0. The molecule has 0 bridgehead atoms. The molecule has 14 heteroatoms. The van der Waals surface area contributed by atoms with Gasteiger partial charge in [-0.2, -0.15) is 0 Å². The molecule has 0 spiro atoms. The molecule has 0 radical (unpaired) electrons. The van der Waals surface area contributed by atoms with Gasteiger partial charge in [-0.05, 0) is 95.8 Å². The van der Waals surface area contributed by atoms with Crippen molar-refractivity contribution in [2.24, 2.45) is 0 Å². The van der Waals surface area contributed by atoms with Crippen LogP contribution >= 0.6 is 0 Å². The number of aromatic nitrogens is 3. The van der Waals surface area contributed by atoms with Crippen molar-refractivity contribution in [1.82, 2.24) is 29.7 Å². The van der Waals surface area contributed by atoms with Crippen molar-refractivity contribution in [3.63, 3.8) is 0 Å². The van der Waals surface area contributed by atoms with E-state index in [-0.39, 0.29) is 55.7 Å². The standard InChI is InChI=1S/C48H48N6O7.Tb/c1-31-4-8-33(9-5-31)36-22-39(49-43(25-36)46(55)56)28-52-16-17-53(29-40-23-37(26-44(50-40)47(57)58)34-10-6-32(2)7-11-34)19-21-54(20-18-52)30-41-24-38(27-45(51-41)48(59)60)35-12-14-42(61-3)15-13-35;/h4-15,22-27H,16-21,28-30H2,1-3H3,(H,55,56)(H,57,58)(H,59,60);/q;+3. The molecule has 1 aliphatic rings. The predicted molar refractivity (Wildman–Crippen MR) is 232 cm³/mol. The number of nitrogens with zero attached hydrogens (tertiary/aromatic N) is 6. The number of hydrogen-bond acceptors (Lipinski definition) is 10. The van der Waals surface area contributed by atoms with E-state index in [4.69, 9.17) is 4.74 Å². The molecule has 0 unspecified atom stereocenters. The van der Waals surface area contributed by atoms with E-state index in [0.29, 0.717) is 81.7 Å². The molecule has 0 atom stereocenters. The Hall–Kier alpha value is -5.51. The number of ether oxygens (including phenoxy) is 1. The Morgan fingerprint density at radius 1 is 0.468 bits per heavy atom. The molecule has 4 heterocycles. The number of methoxy groups -OCH3 is 1. The zero-order chi connectivity index (χ0) is 43.0. The zero-order valence-electron chi connectivity index (χ0n) is 34.7. The van der Waals surface area contributed by atoms with Crippen LogP contribution in [-0.4, -0.2) is 109 Å². The van der Waals surface area contributed by atoms with Gasteiger partial charge in [-0.25, -0.2) is 29.3 Å². The van der Waals surface area contributed by atoms with E-state index in [2.05, 4.69) is 29.7 Å². The predicted octanol–water partition coefficient (Wildman–Crippen LogP) is 7.41. The largest absolute Gasteiger partial charge is 3.00 e. The average molecular weight is 980 g/mol. The molecule has 3 aromatic carbocycles. The molecule has 1 fully saturated rings. The number of aryl methyl sites for hydroxylation is 2. The van der Waals surface area contributed by atoms with Gasteiger partial charge in [0, 0.05) is 58.9 Å². The van der Waals surface area contributed by atoms with Gasteiger partial charge < -0.3 is 20.1 Å². The van der Waals surface area contributed by atoms with E-state index < -0.39 is 17.9 Å². The molecule has 7 rings (SSSR count). The van der Waals surface area contributed by atoms with Crippen LogP contribution in [0.5, 0.6) is 5.75 Å². The van der Waals surface area contributed by atoms with Crippen molar-refractivity contribution in [1.29, 1.82) is 0 Å². The summed E-state index contributed by atoms with van der Waals surface area (Å²) in [5.41, 5.74) is 8.77. The van der Waals surface area contributed by atoms with E-state index in [1.54, 1.807) is 25.3 Å². The maximum absolute atomic E-state index is 12.3. The Morgan fingerprint density at radius 3 is 1.00 bits per heavy atom. The molecule has 0 aliphatic carbocycles. The molecule has 62 heavy (non-hydrogen) atoms. The first-order valence-electron chi connectivity index (χ1n) is 20.1. The van der Waals surface area contributed by atoms with Crippen LogP contribution in [0.1, 0.15) is 59.7 Å². The van der Waals surface area contributed by atoms with Gasteiger partial charge in [-0.3, -0.25) is 14.7 Å². The van der Waals surface area contributed by atoms with Crippen molar-refractivity contribution in [2.75, 3.05) is 46.4 Å². The van der Waals surface area contributed by atoms with Crippen molar-refractivity contribution >= 4 is 17.9 Å². The van der Waals surface area contributed by atoms with Crippen LogP contribution in [-0.2, 0) is 19.6 Å². The Balaban J connectivity index is 0.00000641. The van der Waals surface area contributed by atoms with Gasteiger partial charge in [-0.1, -0.05) is 71.8 Å². The second kappa shape index (κ2) is 21.0. The third kappa shape index (κ3) is 12.1. The summed E-state index contributed by atoms with van der Waals surface area (Å²) in [6.45, 7) is 8.71. The van der Waals surface area contributed by atoms with Gasteiger partial charge in [0.05, 0.1) is 24.2 Å². The smallest absolute Gasteiger partial charge is 0.497 e. The summed E-state index contributed by atoms with van der Waals surface area (Å²) in [5.74, 6) is -2.65. The van der Waals surface area contributed by atoms with Crippen LogP contribution in [0.25, 0.3) is 33.4 Å². The minimum atomic E-state index is -1.12. The SMILES string of the molecule is COc1ccc(-c2cc(CN3CCN(Cc4cc(-c5ccc(C)cc5)cc(C(=O)O)n4)CCN(Cc4cc(-c5ccc(C)cc5)cc(C(=O)O)n4)CC3)nc(C(=O)O)c2)cc1.[Tb+3]. The summed E-state index contributed by atoms with van der Waals surface area (Å²) in [5, 5.41) is 30.2. The maximum Gasteiger partial charge on any atom is 3.00 e. The van der Waals surface area contributed by atoms with Gasteiger partial charge in [0.2, 0.25) is 0 Å². The number of carbonyl (C=O) groups is 3. The summed E-state index contributed by atoms with van der Waals surface area (Å²) < 4.78 is 5.33. The number of carboxylic acids is 3. The van der Waals surface area contributed by atoms with E-state index >= 15 is 0 Å². The van der Waals surface area contributed by atoms with E-state index in [1.807, 2.05) is 105 Å². The number of pyridine rings is 3. The molecule has 0 saturated carbocycles. The maximum atomic E-state index is 12.3. The second-order valence-corrected chi connectivity index (χ2v) is 15.4. The van der Waals surface area contributed by atoms with Crippen molar-refractivity contribution < 1.29 is 73.1 Å². The van der Waals surface area contributed by atoms with Gasteiger partial charge in [0.1, 0.15) is 22.8 Å². The summed E-state index contributed by atoms with van der Waals surface area (Å²) in [6.07, 6.45) is 0. The number of carboxylic acid groups (broad SMARTS) is 3. The fraction of sp³-hybridized carbons (Fsp3) is 0.250. The van der Waals surface area contributed by atoms with Gasteiger partial charge in [0.25, 0.3) is 0 Å². The van der Waals surface area contributed by atoms with Gasteiger partial charge in [0.15, 0.2) is 0 Å². The third-order valence-corrected chi connectivity index (χ3v) is 10.8. The molecule has 3 aromatic heterocycles. The molecular formula is C48H48N6O7Tb+3. The Bertz CT molecular complexity index is 2410. The van der Waals surface area contributed by atoms with Crippen LogP contribution < -0.4 is 4.74 Å². The normalized spacial score (nSPS) is 13.9. The van der Waals surface area contributed by atoms with E-state index in [1.165, 1.54) is 0 Å². The molecule has 0 amide bonds. The minimum Gasteiger partial charge on any atom is -0.497 e. The van der Waals surface area contributed by atoms with Crippen molar-refractivity contribution in [3.05, 3.63) is 154 Å². The third-order valence-electron chi connectivity index (χ3n) is 10.8. The van der Waals surface area contributed by atoms with Gasteiger partial charge >= 0.3 is 56.5 Å². The Kier molecular flexibility index (Phi) is 15.6. The first kappa shape index (κ1) is 46.0. The van der Waals surface area contributed by atoms with Crippen LogP contribution in [0.2, 0.25) is 0 Å². The van der Waals surface area contributed by atoms with Crippen molar-refractivity contribution in [3.8, 4) is 39.1 Å². The van der Waals surface area contributed by atoms with Crippen molar-refractivity contribution in [2.45, 2.75) is 33.5 Å². The monoisotopic (exact) mass is 979 g/mol. The summed E-state index contributed by atoms with van der Waals surface area (Å²) >= 11 is 0. The quantitative estimate of drug-likeness (QED) is 0.105. The van der Waals surface area contributed by atoms with Crippen LogP contribution in [0.15, 0.2) is 109 Å². The van der Waals surface area contributed by atoms with E-state index in [0.717, 1.165) is 44.5 Å². The summed E-state index contributed by atoms with van der Waals surface area (Å²) in [7, 11) is 1.59. The number of hydrogen-bond donors (Lipinski definition) is 3. The van der Waals surface area contributed by atoms with Crippen LogP contribution in [0.4, 0.5) is 0 Å². The molecule has 13 nitrogen and oxygen atoms in total. The first-order chi connectivity index (χ1) is 29.4. The fourth-order valence-electron chi connectivity index (χ4n) is 7.46. The molecule has 318 valence electrons. The topological polar surface area (TPSA) is 170 Å². The Morgan fingerprint density at radius 2 is 0.742 bits per heavy atom. The fourth-order valence-corrected chi connectivity index (χ4v) is 7.46. The average Bonchev–Trinajstić information content (AvgIpc) is 3.34. The zero-order valence-corrected chi connectivity index (χ0v) is 36.9. The number of rotatable bonds is 13. The Labute approximate surface area is 391 Å². The molecule has 1 aliphatic heterocycles. The second-order valence-electron chi connectivity index (χ2n) is 15.4. The molecule has 3 N–H and O–H groups in total. The van der Waals surface area contributed by atoms with Gasteiger partial charge in [-0.15, -0.1) is 0 Å². The molecular weight excluding hydrogens is 931 g/mol.